The van der Waals surface area contributed by atoms with Crippen molar-refractivity contribution in [1.29, 1.82) is 0 Å². The number of rotatable bonds is 6. The lowest BCUT2D eigenvalue weighted by molar-refractivity contribution is 0.426. The van der Waals surface area contributed by atoms with Crippen molar-refractivity contribution in [3.05, 3.63) is 54.1 Å². The van der Waals surface area contributed by atoms with Gasteiger partial charge in [-0.1, -0.05) is 42.4 Å². The minimum Gasteiger partial charge on any atom is -0.347 e. The van der Waals surface area contributed by atoms with Crippen LogP contribution in [0.3, 0.4) is 0 Å². The number of hydrogen-bond acceptors (Lipinski definition) is 6. The van der Waals surface area contributed by atoms with Gasteiger partial charge in [0, 0.05) is 32.1 Å². The molecule has 0 aliphatic heterocycles. The summed E-state index contributed by atoms with van der Waals surface area (Å²) in [5, 5.41) is 4.02. The topological polar surface area (TPSA) is 75.4 Å². The van der Waals surface area contributed by atoms with E-state index >= 15 is 0 Å². The predicted octanol–water partition coefficient (Wildman–Crippen LogP) is 3.55. The van der Waals surface area contributed by atoms with E-state index in [1.807, 2.05) is 49.3 Å². The lowest BCUT2D eigenvalue weighted by Gasteiger charge is -2.04. The predicted molar refractivity (Wildman–Crippen MR) is 107 cm³/mol. The maximum atomic E-state index is 12.8. The molecule has 0 bridgehead atoms. The molecule has 2 aromatic heterocycles. The number of nitrogens with zero attached hydrogens (tertiary/aromatic N) is 2. The zero-order chi connectivity index (χ0) is 19.2. The summed E-state index contributed by atoms with van der Waals surface area (Å²) in [4.78, 5) is 2.57. The SMILES string of the molecule is C[C@H]1[C@H](NS(=O)(=O)c2ccc(-c3cc(N(C)C)on3)s2)[C@H]1c1ccccc1. The van der Waals surface area contributed by atoms with Crippen LogP contribution in [-0.2, 0) is 10.0 Å². The van der Waals surface area contributed by atoms with E-state index in [1.165, 1.54) is 16.9 Å². The average Bonchev–Trinajstić information content (AvgIpc) is 3.10. The van der Waals surface area contributed by atoms with Crippen LogP contribution >= 0.6 is 11.3 Å². The molecule has 1 aliphatic rings. The van der Waals surface area contributed by atoms with Crippen LogP contribution < -0.4 is 9.62 Å². The van der Waals surface area contributed by atoms with Gasteiger partial charge in [0.2, 0.25) is 15.9 Å². The number of anilines is 1. The van der Waals surface area contributed by atoms with Crippen LogP contribution in [-0.4, -0.2) is 33.7 Å². The van der Waals surface area contributed by atoms with E-state index in [1.54, 1.807) is 18.2 Å². The number of nitrogens with one attached hydrogen (secondary N) is 1. The maximum Gasteiger partial charge on any atom is 0.250 e. The number of thiophene rings is 1. The first kappa shape index (κ1) is 18.2. The van der Waals surface area contributed by atoms with E-state index in [0.29, 0.717) is 11.6 Å². The number of benzene rings is 1. The molecule has 142 valence electrons. The molecule has 1 N–H and O–H groups in total. The first-order chi connectivity index (χ1) is 12.9. The molecule has 8 heteroatoms. The summed E-state index contributed by atoms with van der Waals surface area (Å²) >= 11 is 1.19. The highest BCUT2D eigenvalue weighted by atomic mass is 32.2. The molecule has 3 aromatic rings. The highest BCUT2D eigenvalue weighted by molar-refractivity contribution is 7.91. The zero-order valence-corrected chi connectivity index (χ0v) is 16.9. The molecular formula is C19H21N3O3S2. The standard InChI is InChI=1S/C19H21N3O3S2/c1-12-18(13-7-5-4-6-8-13)19(12)21-27(23,24)17-10-9-15(26-17)14-11-16(22(2)3)25-20-14/h4-12,18-19,21H,1-3H3/t12-,18-,19+/m1/s1. The number of sulfonamides is 1. The van der Waals surface area contributed by atoms with Gasteiger partial charge in [0.15, 0.2) is 0 Å². The summed E-state index contributed by atoms with van der Waals surface area (Å²) in [5.74, 6) is 1.12. The van der Waals surface area contributed by atoms with Crippen molar-refractivity contribution in [1.82, 2.24) is 9.88 Å². The van der Waals surface area contributed by atoms with Crippen molar-refractivity contribution >= 4 is 27.2 Å². The second kappa shape index (κ2) is 6.78. The molecule has 1 aliphatic carbocycles. The monoisotopic (exact) mass is 403 g/mol. The molecule has 0 spiro atoms. The van der Waals surface area contributed by atoms with Crippen molar-refractivity contribution in [2.45, 2.75) is 23.1 Å². The molecule has 3 atom stereocenters. The summed E-state index contributed by atoms with van der Waals surface area (Å²) in [6, 6.07) is 15.1. The summed E-state index contributed by atoms with van der Waals surface area (Å²) in [7, 11) is 0.151. The first-order valence-electron chi connectivity index (χ1n) is 8.68. The molecule has 6 nitrogen and oxygen atoms in total. The highest BCUT2D eigenvalue weighted by Crippen LogP contribution is 2.48. The Morgan fingerprint density at radius 2 is 1.89 bits per heavy atom. The molecule has 0 saturated heterocycles. The normalized spacial score (nSPS) is 22.0. The summed E-state index contributed by atoms with van der Waals surface area (Å²) in [6.07, 6.45) is 0. The fraction of sp³-hybridized carbons (Fsp3) is 0.316. The third kappa shape index (κ3) is 3.52. The minimum absolute atomic E-state index is 0.0738. The largest absolute Gasteiger partial charge is 0.347 e. The number of aromatic nitrogens is 1. The van der Waals surface area contributed by atoms with Crippen molar-refractivity contribution in [3.8, 4) is 10.6 Å². The van der Waals surface area contributed by atoms with Gasteiger partial charge in [-0.05, 0) is 23.6 Å². The summed E-state index contributed by atoms with van der Waals surface area (Å²) in [5.41, 5.74) is 1.80. The Morgan fingerprint density at radius 3 is 2.56 bits per heavy atom. The molecule has 0 radical (unpaired) electrons. The van der Waals surface area contributed by atoms with Crippen molar-refractivity contribution in [2.24, 2.45) is 5.92 Å². The second-order valence-corrected chi connectivity index (χ2v) is 10.0. The van der Waals surface area contributed by atoms with Crippen LogP contribution in [0.4, 0.5) is 5.88 Å². The molecule has 4 rings (SSSR count). The van der Waals surface area contributed by atoms with E-state index in [-0.39, 0.29) is 22.1 Å². The van der Waals surface area contributed by atoms with Gasteiger partial charge in [-0.15, -0.1) is 11.3 Å². The molecular weight excluding hydrogens is 382 g/mol. The number of hydrogen-bond donors (Lipinski definition) is 1. The van der Waals surface area contributed by atoms with Gasteiger partial charge < -0.3 is 9.42 Å². The summed E-state index contributed by atoms with van der Waals surface area (Å²) in [6.45, 7) is 2.07. The van der Waals surface area contributed by atoms with E-state index in [9.17, 15) is 8.42 Å². The van der Waals surface area contributed by atoms with E-state index < -0.39 is 10.0 Å². The minimum atomic E-state index is -3.57. The Balaban J connectivity index is 1.51. The molecule has 0 amide bonds. The Hall–Kier alpha value is -2.16. The maximum absolute atomic E-state index is 12.8. The zero-order valence-electron chi connectivity index (χ0n) is 15.3. The molecule has 27 heavy (non-hydrogen) atoms. The lowest BCUT2D eigenvalue weighted by atomic mass is 10.1. The third-order valence-corrected chi connectivity index (χ3v) is 7.95. The van der Waals surface area contributed by atoms with Gasteiger partial charge in [-0.25, -0.2) is 13.1 Å². The van der Waals surface area contributed by atoms with Gasteiger partial charge in [0.05, 0.1) is 4.88 Å². The third-order valence-electron chi connectivity index (χ3n) is 4.89. The molecule has 1 fully saturated rings. The molecule has 1 aromatic carbocycles. The quantitative estimate of drug-likeness (QED) is 0.681. The fourth-order valence-electron chi connectivity index (χ4n) is 3.26. The Kier molecular flexibility index (Phi) is 4.57. The molecule has 2 heterocycles. The highest BCUT2D eigenvalue weighted by Gasteiger charge is 2.49. The smallest absolute Gasteiger partial charge is 0.250 e. The Bertz CT molecular complexity index is 1040. The van der Waals surface area contributed by atoms with Crippen molar-refractivity contribution in [2.75, 3.05) is 19.0 Å². The van der Waals surface area contributed by atoms with E-state index in [2.05, 4.69) is 16.8 Å². The van der Waals surface area contributed by atoms with Crippen LogP contribution in [0.5, 0.6) is 0 Å². The second-order valence-electron chi connectivity index (χ2n) is 7.01. The van der Waals surface area contributed by atoms with Crippen LogP contribution in [0.25, 0.3) is 10.6 Å². The Morgan fingerprint density at radius 1 is 1.15 bits per heavy atom. The lowest BCUT2D eigenvalue weighted by Crippen LogP contribution is -2.27. The van der Waals surface area contributed by atoms with Crippen molar-refractivity contribution < 1.29 is 12.9 Å². The van der Waals surface area contributed by atoms with Crippen LogP contribution in [0, 0.1) is 5.92 Å². The molecule has 0 unspecified atom stereocenters. The molecule has 1 saturated carbocycles. The van der Waals surface area contributed by atoms with E-state index in [4.69, 9.17) is 4.52 Å². The fourth-order valence-corrected chi connectivity index (χ4v) is 5.89. The first-order valence-corrected chi connectivity index (χ1v) is 11.0. The van der Waals surface area contributed by atoms with E-state index in [0.717, 1.165) is 4.88 Å². The van der Waals surface area contributed by atoms with Crippen LogP contribution in [0.2, 0.25) is 0 Å². The van der Waals surface area contributed by atoms with Crippen LogP contribution in [0.1, 0.15) is 18.4 Å². The van der Waals surface area contributed by atoms with Crippen LogP contribution in [0.15, 0.2) is 57.3 Å². The van der Waals surface area contributed by atoms with Gasteiger partial charge in [-0.2, -0.15) is 0 Å². The van der Waals surface area contributed by atoms with Gasteiger partial charge in [-0.3, -0.25) is 0 Å². The average molecular weight is 404 g/mol. The van der Waals surface area contributed by atoms with Crippen molar-refractivity contribution in [3.63, 3.8) is 0 Å². The van der Waals surface area contributed by atoms with Gasteiger partial charge in [0.1, 0.15) is 9.90 Å². The van der Waals surface area contributed by atoms with Gasteiger partial charge >= 0.3 is 0 Å². The van der Waals surface area contributed by atoms with Gasteiger partial charge in [0.25, 0.3) is 0 Å². The Labute approximate surface area is 162 Å². The summed E-state index contributed by atoms with van der Waals surface area (Å²) < 4.78 is 34.0.